The molecule has 2 amide bonds. The van der Waals surface area contributed by atoms with Crippen LogP contribution in [0, 0.1) is 6.92 Å². The summed E-state index contributed by atoms with van der Waals surface area (Å²) in [6.45, 7) is 4.68. The Balaban J connectivity index is 1.34. The lowest BCUT2D eigenvalue weighted by Gasteiger charge is -2.25. The number of hydrogen-bond donors (Lipinski definition) is 3. The van der Waals surface area contributed by atoms with Crippen molar-refractivity contribution in [3.05, 3.63) is 105 Å². The van der Waals surface area contributed by atoms with Crippen molar-refractivity contribution >= 4 is 29.2 Å². The van der Waals surface area contributed by atoms with Crippen molar-refractivity contribution in [1.29, 1.82) is 0 Å². The molecule has 1 aliphatic rings. The van der Waals surface area contributed by atoms with Crippen LogP contribution in [-0.2, 0) is 18.5 Å². The molecule has 4 heterocycles. The molecule has 0 saturated carbocycles. The van der Waals surface area contributed by atoms with Gasteiger partial charge in [-0.05, 0) is 62.1 Å². The van der Waals surface area contributed by atoms with Crippen LogP contribution in [0.5, 0.6) is 5.75 Å². The zero-order valence-corrected chi connectivity index (χ0v) is 27.1. The minimum atomic E-state index is -1.23. The number of rotatable bonds is 11. The first-order valence-corrected chi connectivity index (χ1v) is 16.1. The Labute approximate surface area is 275 Å². The van der Waals surface area contributed by atoms with Gasteiger partial charge in [-0.2, -0.15) is 0 Å². The quantitative estimate of drug-likeness (QED) is 0.150. The van der Waals surface area contributed by atoms with Gasteiger partial charge in [0.05, 0.1) is 13.2 Å². The maximum atomic E-state index is 14.1. The van der Waals surface area contributed by atoms with Gasteiger partial charge in [0, 0.05) is 36.1 Å². The number of amides is 2. The Bertz CT molecular complexity index is 1860. The van der Waals surface area contributed by atoms with Crippen molar-refractivity contribution in [2.45, 2.75) is 51.2 Å². The number of methoxy groups -OCH3 is 1. The van der Waals surface area contributed by atoms with Crippen LogP contribution in [-0.4, -0.2) is 55.8 Å². The van der Waals surface area contributed by atoms with E-state index in [1.54, 1.807) is 37.5 Å². The Morgan fingerprint density at radius 2 is 1.87 bits per heavy atom. The smallest absolute Gasteiger partial charge is 0.405 e. The number of nitrogens with zero attached hydrogens (tertiary/aromatic N) is 5. The summed E-state index contributed by atoms with van der Waals surface area (Å²) in [7, 11) is 1.62. The van der Waals surface area contributed by atoms with Crippen LogP contribution in [0.2, 0.25) is 0 Å². The van der Waals surface area contributed by atoms with E-state index in [2.05, 4.69) is 25.8 Å². The van der Waals surface area contributed by atoms with Gasteiger partial charge in [-0.3, -0.25) is 4.79 Å². The normalized spacial score (nSPS) is 15.6. The van der Waals surface area contributed by atoms with Gasteiger partial charge in [-0.1, -0.05) is 42.5 Å². The van der Waals surface area contributed by atoms with Crippen molar-refractivity contribution < 1.29 is 23.8 Å². The number of benzene rings is 2. The van der Waals surface area contributed by atoms with Gasteiger partial charge in [-0.15, -0.1) is 21.5 Å². The number of carbonyl (C=O) groups excluding carboxylic acids is 1. The van der Waals surface area contributed by atoms with Crippen LogP contribution >= 0.6 is 11.3 Å². The van der Waals surface area contributed by atoms with Crippen LogP contribution in [0.25, 0.3) is 11.6 Å². The van der Waals surface area contributed by atoms with E-state index in [9.17, 15) is 14.7 Å². The number of aryl methyl sites for hydroxylation is 1. The number of anilines is 1. The molecular weight excluding hydrogens is 618 g/mol. The van der Waals surface area contributed by atoms with Crippen LogP contribution in [0.15, 0.2) is 76.5 Å². The highest BCUT2D eigenvalue weighted by atomic mass is 32.1. The average molecular weight is 654 g/mol. The zero-order valence-electron chi connectivity index (χ0n) is 26.3. The number of carboxylic acid groups (broad SMARTS) is 1. The molecule has 47 heavy (non-hydrogen) atoms. The van der Waals surface area contributed by atoms with Gasteiger partial charge in [0.25, 0.3) is 11.8 Å². The third-order valence-electron chi connectivity index (χ3n) is 8.04. The van der Waals surface area contributed by atoms with E-state index in [0.29, 0.717) is 24.5 Å². The van der Waals surface area contributed by atoms with Crippen molar-refractivity contribution in [3.63, 3.8) is 0 Å². The van der Waals surface area contributed by atoms with E-state index in [4.69, 9.17) is 14.1 Å². The number of pyridine rings is 1. The van der Waals surface area contributed by atoms with E-state index < -0.39 is 11.6 Å². The van der Waals surface area contributed by atoms with Crippen LogP contribution in [0.4, 0.5) is 10.6 Å². The number of aromatic nitrogens is 4. The molecule has 6 rings (SSSR count). The fourth-order valence-corrected chi connectivity index (χ4v) is 6.65. The minimum absolute atomic E-state index is 0.0575. The lowest BCUT2D eigenvalue weighted by atomic mass is 9.93. The molecule has 5 aromatic rings. The molecule has 1 aliphatic heterocycles. The Morgan fingerprint density at radius 1 is 1.09 bits per heavy atom. The van der Waals surface area contributed by atoms with Gasteiger partial charge in [0.15, 0.2) is 0 Å². The molecule has 0 aliphatic carbocycles. The van der Waals surface area contributed by atoms with Crippen molar-refractivity contribution in [2.75, 3.05) is 19.0 Å². The van der Waals surface area contributed by atoms with Crippen molar-refractivity contribution in [1.82, 2.24) is 30.4 Å². The lowest BCUT2D eigenvalue weighted by molar-refractivity contribution is 0.0735. The summed E-state index contributed by atoms with van der Waals surface area (Å²) in [5.74, 6) is 1.17. The summed E-state index contributed by atoms with van der Waals surface area (Å²) in [6, 6.07) is 20.3. The first-order valence-electron chi connectivity index (χ1n) is 15.2. The predicted molar refractivity (Wildman–Crippen MR) is 176 cm³/mol. The number of hydrogen-bond acceptors (Lipinski definition) is 10. The molecule has 0 bridgehead atoms. The molecule has 242 valence electrons. The largest absolute Gasteiger partial charge is 0.497 e. The van der Waals surface area contributed by atoms with Crippen LogP contribution < -0.4 is 15.4 Å². The Morgan fingerprint density at radius 3 is 2.57 bits per heavy atom. The monoisotopic (exact) mass is 653 g/mol. The van der Waals surface area contributed by atoms with E-state index in [1.165, 1.54) is 0 Å². The molecule has 0 unspecified atom stereocenters. The molecule has 3 N–H and O–H groups in total. The molecule has 2 atom stereocenters. The molecule has 2 aromatic carbocycles. The highest BCUT2D eigenvalue weighted by Crippen LogP contribution is 2.36. The topological polar surface area (TPSA) is 156 Å². The molecule has 1 saturated heterocycles. The van der Waals surface area contributed by atoms with Gasteiger partial charge >= 0.3 is 6.09 Å². The first kappa shape index (κ1) is 31.7. The summed E-state index contributed by atoms with van der Waals surface area (Å²) >= 11 is 1.56. The third-order valence-corrected chi connectivity index (χ3v) is 9.10. The van der Waals surface area contributed by atoms with Gasteiger partial charge in [-0.25, -0.2) is 14.8 Å². The van der Waals surface area contributed by atoms with Crippen LogP contribution in [0.3, 0.4) is 0 Å². The maximum absolute atomic E-state index is 14.1. The Hall–Kier alpha value is -5.30. The van der Waals surface area contributed by atoms with Gasteiger partial charge in [0.2, 0.25) is 5.89 Å². The van der Waals surface area contributed by atoms with E-state index in [-0.39, 0.29) is 35.8 Å². The van der Waals surface area contributed by atoms with Gasteiger partial charge < -0.3 is 29.8 Å². The average Bonchev–Trinajstić information content (AvgIpc) is 3.85. The first-order chi connectivity index (χ1) is 22.7. The highest BCUT2D eigenvalue weighted by molar-refractivity contribution is 7.09. The fourth-order valence-electron chi connectivity index (χ4n) is 5.71. The second-order valence-corrected chi connectivity index (χ2v) is 12.5. The molecule has 12 nitrogen and oxygen atoms in total. The summed E-state index contributed by atoms with van der Waals surface area (Å²) in [6.07, 6.45) is 0.756. The lowest BCUT2D eigenvalue weighted by Crippen LogP contribution is -2.44. The standard InChI is InChI=1S/C34H35N7O5S/c1-21-20-47-30(36-21)27-10-7-15-41(27)31(42)24-16-26(37-28(17-24)35-19-23-11-13-25(45-3)14-12-23)29-39-40-32(46-29)34(2,38-33(43)44)18-22-8-5-4-6-9-22/h4-6,8-9,11-14,16-17,20,27,38H,7,10,15,18-19H2,1-3H3,(H,35,37)(H,43,44)/t27-,34-/m1/s1. The predicted octanol–water partition coefficient (Wildman–Crippen LogP) is 6.22. The van der Waals surface area contributed by atoms with E-state index in [1.807, 2.05) is 71.8 Å². The Kier molecular flexibility index (Phi) is 9.16. The molecule has 1 fully saturated rings. The molecule has 0 spiro atoms. The van der Waals surface area contributed by atoms with Crippen molar-refractivity contribution in [3.8, 4) is 17.3 Å². The summed E-state index contributed by atoms with van der Waals surface area (Å²) in [4.78, 5) is 37.2. The summed E-state index contributed by atoms with van der Waals surface area (Å²) in [5, 5.41) is 27.0. The number of thiazole rings is 1. The number of likely N-dealkylation sites (tertiary alicyclic amines) is 1. The number of ether oxygens (including phenoxy) is 1. The molecular formula is C34H35N7O5S. The molecule has 0 radical (unpaired) electrons. The second kappa shape index (κ2) is 13.6. The summed E-state index contributed by atoms with van der Waals surface area (Å²) < 4.78 is 11.4. The SMILES string of the molecule is COc1ccc(CNc2cc(C(=O)N3CCC[C@@H]3c3nc(C)cs3)cc(-c3nnc([C@@](C)(Cc4ccccc4)NC(=O)O)o3)n2)cc1. The fraction of sp³-hybridized carbons (Fsp3) is 0.294. The number of carbonyl (C=O) groups is 2. The minimum Gasteiger partial charge on any atom is -0.497 e. The third kappa shape index (κ3) is 7.25. The summed E-state index contributed by atoms with van der Waals surface area (Å²) in [5.41, 5.74) is 2.27. The molecule has 13 heteroatoms. The van der Waals surface area contributed by atoms with Crippen molar-refractivity contribution in [2.24, 2.45) is 0 Å². The van der Waals surface area contributed by atoms with Crippen LogP contribution in [0.1, 0.15) is 63.9 Å². The molecule has 3 aromatic heterocycles. The maximum Gasteiger partial charge on any atom is 0.405 e. The highest BCUT2D eigenvalue weighted by Gasteiger charge is 2.36. The van der Waals surface area contributed by atoms with E-state index >= 15 is 0 Å². The van der Waals surface area contributed by atoms with E-state index in [0.717, 1.165) is 40.4 Å². The second-order valence-electron chi connectivity index (χ2n) is 11.6. The van der Waals surface area contributed by atoms with Gasteiger partial charge in [0.1, 0.15) is 27.8 Å². The number of nitrogens with one attached hydrogen (secondary N) is 2. The zero-order chi connectivity index (χ0) is 33.0.